The Balaban J connectivity index is 1.50. The van der Waals surface area contributed by atoms with Gasteiger partial charge in [0.1, 0.15) is 0 Å². The summed E-state index contributed by atoms with van der Waals surface area (Å²) < 4.78 is 26.5. The van der Waals surface area contributed by atoms with Gasteiger partial charge in [0.2, 0.25) is 10.0 Å². The third kappa shape index (κ3) is 5.89. The molecule has 2 aliphatic heterocycles. The van der Waals surface area contributed by atoms with Crippen LogP contribution in [0.4, 0.5) is 0 Å². The normalized spacial score (nSPS) is 20.7. The average molecular weight is 393 g/mol. The van der Waals surface area contributed by atoms with Crippen LogP contribution < -0.4 is 4.90 Å². The summed E-state index contributed by atoms with van der Waals surface area (Å²) >= 11 is 0. The molecule has 0 atom stereocenters. The van der Waals surface area contributed by atoms with Gasteiger partial charge in [0, 0.05) is 31.6 Å². The van der Waals surface area contributed by atoms with E-state index in [-0.39, 0.29) is 5.91 Å². The molecule has 0 aliphatic carbocycles. The van der Waals surface area contributed by atoms with Crippen molar-refractivity contribution in [3.05, 3.63) is 41.3 Å². The summed E-state index contributed by atoms with van der Waals surface area (Å²) in [6.07, 6.45) is 6.55. The minimum atomic E-state index is -3.45. The molecule has 0 radical (unpaired) electrons. The van der Waals surface area contributed by atoms with Crippen molar-refractivity contribution in [1.82, 2.24) is 9.21 Å². The number of sulfonamides is 1. The first-order chi connectivity index (χ1) is 13.0. The van der Waals surface area contributed by atoms with E-state index in [1.807, 2.05) is 35.2 Å². The minimum absolute atomic E-state index is 0.156. The number of likely N-dealkylation sites (tertiary alicyclic amines) is 1. The number of piperazine rings is 1. The summed E-state index contributed by atoms with van der Waals surface area (Å²) in [4.78, 5) is 15.8. The number of benzene rings is 1. The highest BCUT2D eigenvalue weighted by Gasteiger charge is 2.29. The lowest BCUT2D eigenvalue weighted by Crippen LogP contribution is -3.13. The Kier molecular flexibility index (Phi) is 7.04. The summed E-state index contributed by atoms with van der Waals surface area (Å²) in [5.41, 5.74) is 0.857. The van der Waals surface area contributed by atoms with E-state index in [9.17, 15) is 13.2 Å². The third-order valence-corrected chi connectivity index (χ3v) is 6.96. The fourth-order valence-corrected chi connectivity index (χ4v) is 4.91. The number of nitrogens with one attached hydrogen (secondary N) is 1. The molecule has 0 saturated carbocycles. The molecule has 3 rings (SSSR count). The monoisotopic (exact) mass is 392 g/mol. The van der Waals surface area contributed by atoms with E-state index >= 15 is 0 Å². The molecular formula is C20H30N3O3S+. The number of rotatable bonds is 5. The van der Waals surface area contributed by atoms with Gasteiger partial charge < -0.3 is 9.80 Å². The third-order valence-electron chi connectivity index (χ3n) is 5.40. The van der Waals surface area contributed by atoms with Gasteiger partial charge in [0.15, 0.2) is 6.54 Å². The molecule has 7 heteroatoms. The number of carbonyl (C=O) groups is 1. The maximum Gasteiger partial charge on any atom is 0.277 e. The largest absolute Gasteiger partial charge is 0.335 e. The van der Waals surface area contributed by atoms with E-state index in [2.05, 4.69) is 0 Å². The average Bonchev–Trinajstić information content (AvgIpc) is 2.96. The SMILES string of the molecule is O=C(C[NH+]1CCCCCC1)N1CCN(S(=O)(=O)/C=C/c2ccccc2)CC1. The molecule has 2 heterocycles. The first kappa shape index (κ1) is 20.0. The van der Waals surface area contributed by atoms with Crippen molar-refractivity contribution in [1.29, 1.82) is 0 Å². The van der Waals surface area contributed by atoms with Gasteiger partial charge in [-0.1, -0.05) is 30.3 Å². The molecule has 0 spiro atoms. The zero-order valence-corrected chi connectivity index (χ0v) is 16.7. The van der Waals surface area contributed by atoms with Crippen molar-refractivity contribution in [2.45, 2.75) is 25.7 Å². The van der Waals surface area contributed by atoms with Crippen LogP contribution in [-0.4, -0.2) is 69.3 Å². The lowest BCUT2D eigenvalue weighted by atomic mass is 10.2. The molecule has 0 aromatic heterocycles. The molecular weight excluding hydrogens is 362 g/mol. The van der Waals surface area contributed by atoms with Gasteiger partial charge in [-0.2, -0.15) is 4.31 Å². The van der Waals surface area contributed by atoms with Gasteiger partial charge >= 0.3 is 0 Å². The number of nitrogens with zero attached hydrogens (tertiary/aromatic N) is 2. The highest BCUT2D eigenvalue weighted by Crippen LogP contribution is 2.11. The van der Waals surface area contributed by atoms with Gasteiger partial charge in [-0.05, 0) is 37.3 Å². The van der Waals surface area contributed by atoms with Crippen LogP contribution in [0.25, 0.3) is 6.08 Å². The van der Waals surface area contributed by atoms with E-state index in [1.54, 1.807) is 6.08 Å². The van der Waals surface area contributed by atoms with E-state index in [0.717, 1.165) is 18.7 Å². The van der Waals surface area contributed by atoms with Crippen LogP contribution in [0.2, 0.25) is 0 Å². The molecule has 1 aromatic rings. The number of hydrogen-bond acceptors (Lipinski definition) is 3. The zero-order chi connectivity index (χ0) is 19.1. The molecule has 148 valence electrons. The van der Waals surface area contributed by atoms with Gasteiger partial charge in [0.25, 0.3) is 5.91 Å². The number of carbonyl (C=O) groups excluding carboxylic acids is 1. The fraction of sp³-hybridized carbons (Fsp3) is 0.550. The van der Waals surface area contributed by atoms with Crippen molar-refractivity contribution < 1.29 is 18.1 Å². The Bertz CT molecular complexity index is 733. The summed E-state index contributed by atoms with van der Waals surface area (Å²) in [6.45, 7) is 4.37. The summed E-state index contributed by atoms with van der Waals surface area (Å²) in [5, 5.41) is 1.27. The van der Waals surface area contributed by atoms with Crippen LogP contribution in [0.5, 0.6) is 0 Å². The smallest absolute Gasteiger partial charge is 0.277 e. The number of hydrogen-bond donors (Lipinski definition) is 1. The highest BCUT2D eigenvalue weighted by atomic mass is 32.2. The van der Waals surface area contributed by atoms with Gasteiger partial charge in [-0.15, -0.1) is 0 Å². The fourth-order valence-electron chi connectivity index (χ4n) is 3.74. The van der Waals surface area contributed by atoms with Crippen LogP contribution in [0.1, 0.15) is 31.2 Å². The summed E-state index contributed by atoms with van der Waals surface area (Å²) in [6, 6.07) is 9.39. The van der Waals surface area contributed by atoms with Crippen molar-refractivity contribution in [3.63, 3.8) is 0 Å². The van der Waals surface area contributed by atoms with Crippen LogP contribution in [0.15, 0.2) is 35.7 Å². The van der Waals surface area contributed by atoms with Crippen molar-refractivity contribution in [2.75, 3.05) is 45.8 Å². The molecule has 1 amide bonds. The second-order valence-electron chi connectivity index (χ2n) is 7.38. The number of quaternary nitrogens is 1. The summed E-state index contributed by atoms with van der Waals surface area (Å²) in [5.74, 6) is 0.156. The first-order valence-electron chi connectivity index (χ1n) is 9.89. The van der Waals surface area contributed by atoms with E-state index in [0.29, 0.717) is 32.7 Å². The maximum absolute atomic E-state index is 12.6. The van der Waals surface area contributed by atoms with E-state index in [1.165, 1.54) is 40.3 Å². The standard InChI is InChI=1S/C20H29N3O3S/c24-20(18-21-11-6-1-2-7-12-21)22-13-15-23(16-14-22)27(25,26)17-10-19-8-4-3-5-9-19/h3-5,8-10,17H,1-2,6-7,11-16,18H2/p+1/b17-10+. The summed E-state index contributed by atoms with van der Waals surface area (Å²) in [7, 11) is -3.45. The highest BCUT2D eigenvalue weighted by molar-refractivity contribution is 7.92. The minimum Gasteiger partial charge on any atom is -0.335 e. The number of amides is 1. The topological polar surface area (TPSA) is 62.1 Å². The molecule has 2 fully saturated rings. The van der Waals surface area contributed by atoms with Crippen LogP contribution >= 0.6 is 0 Å². The van der Waals surface area contributed by atoms with E-state index in [4.69, 9.17) is 0 Å². The lowest BCUT2D eigenvalue weighted by Gasteiger charge is -2.33. The molecule has 2 saturated heterocycles. The predicted octanol–water partition coefficient (Wildman–Crippen LogP) is 0.590. The Morgan fingerprint density at radius 1 is 0.963 bits per heavy atom. The Morgan fingerprint density at radius 2 is 1.59 bits per heavy atom. The van der Waals surface area contributed by atoms with Crippen molar-refractivity contribution in [3.8, 4) is 0 Å². The van der Waals surface area contributed by atoms with Crippen LogP contribution in [0, 0.1) is 0 Å². The molecule has 2 aliphatic rings. The van der Waals surface area contributed by atoms with Gasteiger partial charge in [-0.3, -0.25) is 4.79 Å². The second-order valence-corrected chi connectivity index (χ2v) is 9.20. The predicted molar refractivity (Wildman–Crippen MR) is 107 cm³/mol. The molecule has 27 heavy (non-hydrogen) atoms. The molecule has 0 unspecified atom stereocenters. The Hall–Kier alpha value is -1.70. The lowest BCUT2D eigenvalue weighted by molar-refractivity contribution is -0.891. The quantitative estimate of drug-likeness (QED) is 0.798. The first-order valence-corrected chi connectivity index (χ1v) is 11.4. The van der Waals surface area contributed by atoms with Crippen molar-refractivity contribution >= 4 is 22.0 Å². The van der Waals surface area contributed by atoms with Crippen LogP contribution in [0.3, 0.4) is 0 Å². The van der Waals surface area contributed by atoms with Crippen LogP contribution in [-0.2, 0) is 14.8 Å². The molecule has 1 aromatic carbocycles. The van der Waals surface area contributed by atoms with Gasteiger partial charge in [0.05, 0.1) is 13.1 Å². The Morgan fingerprint density at radius 3 is 2.22 bits per heavy atom. The zero-order valence-electron chi connectivity index (χ0n) is 15.8. The Labute approximate surface area is 162 Å². The molecule has 1 N–H and O–H groups in total. The molecule has 6 nitrogen and oxygen atoms in total. The van der Waals surface area contributed by atoms with Crippen molar-refractivity contribution in [2.24, 2.45) is 0 Å². The maximum atomic E-state index is 12.6. The second kappa shape index (κ2) is 9.48. The van der Waals surface area contributed by atoms with Gasteiger partial charge in [-0.25, -0.2) is 8.42 Å². The molecule has 0 bridgehead atoms. The van der Waals surface area contributed by atoms with E-state index < -0.39 is 10.0 Å².